The van der Waals surface area contributed by atoms with Crippen LogP contribution in [0.2, 0.25) is 5.02 Å². The first-order chi connectivity index (χ1) is 11.9. The Morgan fingerprint density at radius 1 is 1.20 bits per heavy atom. The lowest BCUT2D eigenvalue weighted by Crippen LogP contribution is -2.30. The summed E-state index contributed by atoms with van der Waals surface area (Å²) in [5, 5.41) is 16.6. The molecule has 25 heavy (non-hydrogen) atoms. The molecule has 0 atom stereocenters. The number of nitro benzene ring substituents is 1. The number of carbonyl (C=O) groups is 2. The van der Waals surface area contributed by atoms with Crippen LogP contribution in [0, 0.1) is 10.1 Å². The average Bonchev–Trinajstić information content (AvgIpc) is 2.61. The maximum absolute atomic E-state index is 11.9. The number of amides is 1. The van der Waals surface area contributed by atoms with Gasteiger partial charge in [-0.15, -0.1) is 0 Å². The van der Waals surface area contributed by atoms with Crippen molar-refractivity contribution in [1.82, 2.24) is 5.32 Å². The minimum atomic E-state index is -0.554. The molecule has 2 N–H and O–H groups in total. The van der Waals surface area contributed by atoms with Gasteiger partial charge in [0, 0.05) is 22.3 Å². The summed E-state index contributed by atoms with van der Waals surface area (Å²) in [6, 6.07) is 10.5. The van der Waals surface area contributed by atoms with E-state index in [9.17, 15) is 19.7 Å². The van der Waals surface area contributed by atoms with Crippen molar-refractivity contribution in [1.29, 1.82) is 0 Å². The van der Waals surface area contributed by atoms with Crippen molar-refractivity contribution in [2.45, 2.75) is 0 Å². The number of ether oxygens (including phenoxy) is 1. The largest absolute Gasteiger partial charge is 0.468 e. The molecule has 0 aromatic heterocycles. The summed E-state index contributed by atoms with van der Waals surface area (Å²) < 4.78 is 4.43. The van der Waals surface area contributed by atoms with Gasteiger partial charge in [0.2, 0.25) is 0 Å². The van der Waals surface area contributed by atoms with Gasteiger partial charge < -0.3 is 15.4 Å². The number of nitro groups is 1. The van der Waals surface area contributed by atoms with Crippen LogP contribution in [0.15, 0.2) is 42.5 Å². The monoisotopic (exact) mass is 363 g/mol. The molecule has 0 spiro atoms. The van der Waals surface area contributed by atoms with Crippen molar-refractivity contribution in [2.75, 3.05) is 19.0 Å². The second-order valence-corrected chi connectivity index (χ2v) is 5.32. The third-order valence-corrected chi connectivity index (χ3v) is 3.44. The number of hydrogen-bond donors (Lipinski definition) is 2. The highest BCUT2D eigenvalue weighted by Gasteiger charge is 2.15. The Morgan fingerprint density at radius 3 is 2.48 bits per heavy atom. The van der Waals surface area contributed by atoms with Crippen molar-refractivity contribution in [3.63, 3.8) is 0 Å². The molecular weight excluding hydrogens is 350 g/mol. The second kappa shape index (κ2) is 8.11. The Labute approximate surface area is 147 Å². The van der Waals surface area contributed by atoms with Gasteiger partial charge in [-0.25, -0.2) is 0 Å². The van der Waals surface area contributed by atoms with E-state index in [1.54, 1.807) is 12.1 Å². The third-order valence-electron chi connectivity index (χ3n) is 3.20. The van der Waals surface area contributed by atoms with Crippen LogP contribution in [-0.2, 0) is 9.53 Å². The Bertz CT molecular complexity index is 808. The summed E-state index contributed by atoms with van der Waals surface area (Å²) >= 11 is 5.77. The predicted octanol–water partition coefficient (Wildman–Crippen LogP) is 2.89. The number of benzene rings is 2. The molecule has 0 fully saturated rings. The van der Waals surface area contributed by atoms with Crippen molar-refractivity contribution in [2.24, 2.45) is 0 Å². The van der Waals surface area contributed by atoms with Crippen molar-refractivity contribution >= 4 is 40.5 Å². The number of anilines is 2. The number of halogens is 1. The van der Waals surface area contributed by atoms with Gasteiger partial charge in [0.1, 0.15) is 12.2 Å². The zero-order valence-corrected chi connectivity index (χ0v) is 13.9. The standard InChI is InChI=1S/C16H14ClN3O5/c1-25-15(21)9-18-16(22)10-2-5-12(6-3-10)19-13-7-4-11(17)8-14(13)20(23)24/h2-8,19H,9H2,1H3,(H,18,22). The third kappa shape index (κ3) is 4.92. The minimum absolute atomic E-state index is 0.160. The fraction of sp³-hybridized carbons (Fsp3) is 0.125. The number of carbonyl (C=O) groups excluding carboxylic acids is 2. The lowest BCUT2D eigenvalue weighted by Gasteiger charge is -2.09. The highest BCUT2D eigenvalue weighted by atomic mass is 35.5. The Hall–Kier alpha value is -3.13. The Kier molecular flexibility index (Phi) is 5.91. The number of methoxy groups -OCH3 is 1. The smallest absolute Gasteiger partial charge is 0.325 e. The van der Waals surface area contributed by atoms with Crippen LogP contribution in [0.4, 0.5) is 17.1 Å². The van der Waals surface area contributed by atoms with Gasteiger partial charge in [-0.1, -0.05) is 11.6 Å². The number of nitrogens with zero attached hydrogens (tertiary/aromatic N) is 1. The van der Waals surface area contributed by atoms with Crippen molar-refractivity contribution in [3.05, 3.63) is 63.2 Å². The van der Waals surface area contributed by atoms with Gasteiger partial charge in [0.25, 0.3) is 11.6 Å². The normalized spacial score (nSPS) is 10.0. The summed E-state index contributed by atoms with van der Waals surface area (Å²) in [5.41, 5.74) is 1.000. The van der Waals surface area contributed by atoms with Gasteiger partial charge in [-0.3, -0.25) is 19.7 Å². The van der Waals surface area contributed by atoms with Crippen LogP contribution in [0.3, 0.4) is 0 Å². The first-order valence-corrected chi connectivity index (χ1v) is 7.44. The molecule has 8 nitrogen and oxygen atoms in total. The fourth-order valence-electron chi connectivity index (χ4n) is 1.95. The molecule has 9 heteroatoms. The fourth-order valence-corrected chi connectivity index (χ4v) is 2.12. The van der Waals surface area contributed by atoms with Gasteiger partial charge >= 0.3 is 5.97 Å². The van der Waals surface area contributed by atoms with Crippen LogP contribution < -0.4 is 10.6 Å². The Morgan fingerprint density at radius 2 is 1.88 bits per heavy atom. The lowest BCUT2D eigenvalue weighted by molar-refractivity contribution is -0.383. The number of hydrogen-bond acceptors (Lipinski definition) is 6. The van der Waals surface area contributed by atoms with E-state index in [2.05, 4.69) is 15.4 Å². The molecule has 0 aliphatic carbocycles. The van der Waals surface area contributed by atoms with E-state index >= 15 is 0 Å². The maximum atomic E-state index is 11.9. The molecule has 1 amide bonds. The summed E-state index contributed by atoms with van der Waals surface area (Å²) in [6.07, 6.45) is 0. The molecule has 2 rings (SSSR count). The van der Waals surface area contributed by atoms with Gasteiger partial charge in [0.05, 0.1) is 12.0 Å². The maximum Gasteiger partial charge on any atom is 0.325 e. The minimum Gasteiger partial charge on any atom is -0.468 e. The van der Waals surface area contributed by atoms with Gasteiger partial charge in [-0.2, -0.15) is 0 Å². The summed E-state index contributed by atoms with van der Waals surface area (Å²) in [6.45, 7) is -0.230. The molecule has 0 saturated heterocycles. The molecule has 0 aliphatic rings. The zero-order chi connectivity index (χ0) is 18.4. The molecule has 130 valence electrons. The topological polar surface area (TPSA) is 111 Å². The highest BCUT2D eigenvalue weighted by molar-refractivity contribution is 6.30. The average molecular weight is 364 g/mol. The van der Waals surface area contributed by atoms with E-state index in [1.165, 1.54) is 37.4 Å². The summed E-state index contributed by atoms with van der Waals surface area (Å²) in [5.74, 6) is -0.990. The molecule has 0 saturated carbocycles. The molecule has 0 radical (unpaired) electrons. The molecular formula is C16H14ClN3O5. The summed E-state index contributed by atoms with van der Waals surface area (Å²) in [7, 11) is 1.23. The van der Waals surface area contributed by atoms with E-state index < -0.39 is 16.8 Å². The van der Waals surface area contributed by atoms with Crippen molar-refractivity contribution in [3.8, 4) is 0 Å². The SMILES string of the molecule is COC(=O)CNC(=O)c1ccc(Nc2ccc(Cl)cc2[N+](=O)[O-])cc1. The molecule has 0 bridgehead atoms. The lowest BCUT2D eigenvalue weighted by atomic mass is 10.2. The van der Waals surface area contributed by atoms with E-state index in [0.29, 0.717) is 11.3 Å². The number of nitrogens with one attached hydrogen (secondary N) is 2. The first kappa shape index (κ1) is 18.2. The quantitative estimate of drug-likeness (QED) is 0.464. The van der Waals surface area contributed by atoms with E-state index in [4.69, 9.17) is 11.6 Å². The zero-order valence-electron chi connectivity index (χ0n) is 13.1. The molecule has 0 heterocycles. The van der Waals surface area contributed by atoms with E-state index in [0.717, 1.165) is 0 Å². The second-order valence-electron chi connectivity index (χ2n) is 4.88. The molecule has 2 aromatic rings. The van der Waals surface area contributed by atoms with E-state index in [-0.39, 0.29) is 22.9 Å². The number of esters is 1. The van der Waals surface area contributed by atoms with Crippen LogP contribution in [0.25, 0.3) is 0 Å². The van der Waals surface area contributed by atoms with Crippen LogP contribution in [-0.4, -0.2) is 30.5 Å². The molecule has 0 aliphatic heterocycles. The predicted molar refractivity (Wildman–Crippen MR) is 92.2 cm³/mol. The summed E-state index contributed by atoms with van der Waals surface area (Å²) in [4.78, 5) is 33.4. The van der Waals surface area contributed by atoms with Crippen LogP contribution in [0.1, 0.15) is 10.4 Å². The van der Waals surface area contributed by atoms with Crippen LogP contribution in [0.5, 0.6) is 0 Å². The first-order valence-electron chi connectivity index (χ1n) is 7.06. The van der Waals surface area contributed by atoms with Gasteiger partial charge in [-0.05, 0) is 36.4 Å². The Balaban J connectivity index is 2.09. The van der Waals surface area contributed by atoms with E-state index in [1.807, 2.05) is 0 Å². The highest BCUT2D eigenvalue weighted by Crippen LogP contribution is 2.30. The number of rotatable bonds is 6. The molecule has 2 aromatic carbocycles. The van der Waals surface area contributed by atoms with Gasteiger partial charge in [0.15, 0.2) is 0 Å². The van der Waals surface area contributed by atoms with Crippen molar-refractivity contribution < 1.29 is 19.2 Å². The van der Waals surface area contributed by atoms with Crippen LogP contribution >= 0.6 is 11.6 Å². The molecule has 0 unspecified atom stereocenters.